The van der Waals surface area contributed by atoms with Gasteiger partial charge in [-0.2, -0.15) is 0 Å². The summed E-state index contributed by atoms with van der Waals surface area (Å²) in [5.74, 6) is -0.910. The second kappa shape index (κ2) is 8.25. The maximum absolute atomic E-state index is 12.3. The lowest BCUT2D eigenvalue weighted by Gasteiger charge is -2.16. The van der Waals surface area contributed by atoms with Gasteiger partial charge in [0.1, 0.15) is 6.04 Å². The number of rotatable bonds is 5. The molecule has 0 fully saturated rings. The van der Waals surface area contributed by atoms with E-state index in [-0.39, 0.29) is 5.91 Å². The van der Waals surface area contributed by atoms with Crippen LogP contribution < -0.4 is 11.1 Å². The highest BCUT2D eigenvalue weighted by Gasteiger charge is 2.20. The minimum atomic E-state index is -0.764. The van der Waals surface area contributed by atoms with Gasteiger partial charge < -0.3 is 11.1 Å². The summed E-state index contributed by atoms with van der Waals surface area (Å²) in [4.78, 5) is 24.0. The molecule has 23 heavy (non-hydrogen) atoms. The third-order valence-electron chi connectivity index (χ3n) is 3.13. The molecule has 120 valence electrons. The molecular weight excluding hydrogens is 539 g/mol. The predicted molar refractivity (Wildman–Crippen MR) is 105 cm³/mol. The van der Waals surface area contributed by atoms with Crippen molar-refractivity contribution >= 4 is 66.3 Å². The van der Waals surface area contributed by atoms with E-state index in [1.54, 1.807) is 12.1 Å². The first-order valence-electron chi connectivity index (χ1n) is 6.66. The van der Waals surface area contributed by atoms with Crippen LogP contribution in [0.2, 0.25) is 0 Å². The van der Waals surface area contributed by atoms with E-state index in [2.05, 4.69) is 59.8 Å². The van der Waals surface area contributed by atoms with Crippen LogP contribution in [-0.2, 0) is 11.2 Å². The number of carbonyl (C=O) groups is 2. The first-order chi connectivity index (χ1) is 10.8. The van der Waals surface area contributed by atoms with Crippen LogP contribution in [0.15, 0.2) is 51.4 Å². The lowest BCUT2D eigenvalue weighted by molar-refractivity contribution is -0.119. The number of hydrogen-bond donors (Lipinski definition) is 2. The molecule has 0 saturated heterocycles. The number of primary amides is 1. The Kier molecular flexibility index (Phi) is 6.60. The van der Waals surface area contributed by atoms with Gasteiger partial charge in [0, 0.05) is 24.5 Å². The molecule has 3 N–H and O–H groups in total. The zero-order chi connectivity index (χ0) is 17.0. The van der Waals surface area contributed by atoms with Crippen molar-refractivity contribution in [3.63, 3.8) is 0 Å². The first-order valence-corrected chi connectivity index (χ1v) is 9.32. The molecule has 0 spiro atoms. The molecule has 2 aromatic rings. The van der Waals surface area contributed by atoms with Crippen LogP contribution >= 0.6 is 54.5 Å². The molecule has 0 aliphatic carbocycles. The second-order valence-electron chi connectivity index (χ2n) is 4.92. The molecule has 0 unspecified atom stereocenters. The van der Waals surface area contributed by atoms with Crippen molar-refractivity contribution in [2.45, 2.75) is 12.5 Å². The van der Waals surface area contributed by atoms with E-state index in [4.69, 9.17) is 5.73 Å². The van der Waals surface area contributed by atoms with Crippen LogP contribution in [0.5, 0.6) is 0 Å². The maximum Gasteiger partial charge on any atom is 0.252 e. The van der Waals surface area contributed by atoms with Gasteiger partial charge in [-0.1, -0.05) is 44.0 Å². The highest BCUT2D eigenvalue weighted by Crippen LogP contribution is 2.20. The molecule has 7 heteroatoms. The molecule has 0 radical (unpaired) electrons. The smallest absolute Gasteiger partial charge is 0.252 e. The van der Waals surface area contributed by atoms with Gasteiger partial charge in [0.05, 0.1) is 0 Å². The van der Waals surface area contributed by atoms with Crippen molar-refractivity contribution in [2.75, 3.05) is 0 Å². The fourth-order valence-corrected chi connectivity index (χ4v) is 3.66. The van der Waals surface area contributed by atoms with Gasteiger partial charge in [-0.25, -0.2) is 0 Å². The van der Waals surface area contributed by atoms with Crippen molar-refractivity contribution < 1.29 is 9.59 Å². The van der Waals surface area contributed by atoms with Gasteiger partial charge in [0.2, 0.25) is 5.91 Å². The molecule has 0 bridgehead atoms. The summed E-state index contributed by atoms with van der Waals surface area (Å²) in [7, 11) is 0. The summed E-state index contributed by atoms with van der Waals surface area (Å²) >= 11 is 8.88. The van der Waals surface area contributed by atoms with Crippen molar-refractivity contribution in [1.29, 1.82) is 0 Å². The highest BCUT2D eigenvalue weighted by atomic mass is 127. The average molecular weight is 552 g/mol. The van der Waals surface area contributed by atoms with Crippen molar-refractivity contribution in [1.82, 2.24) is 5.32 Å². The Morgan fingerprint density at radius 2 is 1.65 bits per heavy atom. The van der Waals surface area contributed by atoms with Gasteiger partial charge in [-0.05, 0) is 58.5 Å². The summed E-state index contributed by atoms with van der Waals surface area (Å²) in [6.07, 6.45) is 0.354. The summed E-state index contributed by atoms with van der Waals surface area (Å²) in [5, 5.41) is 2.69. The molecule has 2 aromatic carbocycles. The Hall–Kier alpha value is -0.930. The molecule has 0 heterocycles. The molecule has 4 nitrogen and oxygen atoms in total. The van der Waals surface area contributed by atoms with Gasteiger partial charge in [-0.3, -0.25) is 9.59 Å². The number of benzene rings is 2. The van der Waals surface area contributed by atoms with E-state index in [1.165, 1.54) is 0 Å². The van der Waals surface area contributed by atoms with Crippen LogP contribution in [-0.4, -0.2) is 17.9 Å². The van der Waals surface area contributed by atoms with Crippen molar-refractivity contribution in [3.05, 3.63) is 66.1 Å². The second-order valence-corrected chi connectivity index (χ2v) is 7.99. The molecular formula is C16H13Br2IN2O2. The molecule has 1 atom stereocenters. The zero-order valence-corrected chi connectivity index (χ0v) is 17.2. The molecule has 2 rings (SSSR count). The zero-order valence-electron chi connectivity index (χ0n) is 11.9. The Morgan fingerprint density at radius 3 is 2.17 bits per heavy atom. The number of nitrogens with two attached hydrogens (primary N) is 1. The van der Waals surface area contributed by atoms with Gasteiger partial charge in [-0.15, -0.1) is 0 Å². The SMILES string of the molecule is NC(=O)[C@@H](Cc1ccc(I)cc1)NC(=O)c1cc(Br)cc(Br)c1. The van der Waals surface area contributed by atoms with Crippen LogP contribution in [0.1, 0.15) is 15.9 Å². The Labute approximate surface area is 164 Å². The summed E-state index contributed by atoms with van der Waals surface area (Å²) in [6, 6.07) is 12.2. The minimum Gasteiger partial charge on any atom is -0.368 e. The molecule has 0 saturated carbocycles. The summed E-state index contributed by atoms with van der Waals surface area (Å²) < 4.78 is 2.64. The molecule has 2 amide bonds. The van der Waals surface area contributed by atoms with Crippen molar-refractivity contribution in [3.8, 4) is 0 Å². The molecule has 0 aromatic heterocycles. The van der Waals surface area contributed by atoms with E-state index in [0.717, 1.165) is 18.1 Å². The topological polar surface area (TPSA) is 72.2 Å². The van der Waals surface area contributed by atoms with Crippen LogP contribution in [0.3, 0.4) is 0 Å². The summed E-state index contributed by atoms with van der Waals surface area (Å²) in [6.45, 7) is 0. The van der Waals surface area contributed by atoms with E-state index < -0.39 is 11.9 Å². The minimum absolute atomic E-state index is 0.346. The number of nitrogens with one attached hydrogen (secondary N) is 1. The quantitative estimate of drug-likeness (QED) is 0.557. The normalized spacial score (nSPS) is 11.8. The van der Waals surface area contributed by atoms with E-state index >= 15 is 0 Å². The number of halogens is 3. The Balaban J connectivity index is 2.14. The molecule has 0 aliphatic heterocycles. The predicted octanol–water partition coefficient (Wildman–Crippen LogP) is 3.64. The monoisotopic (exact) mass is 550 g/mol. The standard InChI is InChI=1S/C16H13Br2IN2O2/c17-11-6-10(7-12(18)8-11)16(23)21-14(15(20)22)5-9-1-3-13(19)4-2-9/h1-4,6-8,14H,5H2,(H2,20,22)(H,21,23)/t14-/m1/s1. The Bertz CT molecular complexity index is 715. The van der Waals surface area contributed by atoms with Crippen LogP contribution in [0.25, 0.3) is 0 Å². The van der Waals surface area contributed by atoms with Crippen molar-refractivity contribution in [2.24, 2.45) is 5.73 Å². The van der Waals surface area contributed by atoms with Gasteiger partial charge >= 0.3 is 0 Å². The number of carbonyl (C=O) groups excluding carboxylic acids is 2. The Morgan fingerprint density at radius 1 is 1.09 bits per heavy atom. The van der Waals surface area contributed by atoms with Crippen LogP contribution in [0.4, 0.5) is 0 Å². The van der Waals surface area contributed by atoms with E-state index in [9.17, 15) is 9.59 Å². The lowest BCUT2D eigenvalue weighted by atomic mass is 10.0. The fourth-order valence-electron chi connectivity index (χ4n) is 2.01. The number of hydrogen-bond acceptors (Lipinski definition) is 2. The fraction of sp³-hybridized carbons (Fsp3) is 0.125. The van der Waals surface area contributed by atoms with E-state index in [0.29, 0.717) is 12.0 Å². The average Bonchev–Trinajstić information content (AvgIpc) is 2.47. The number of amides is 2. The first kappa shape index (κ1) is 18.4. The van der Waals surface area contributed by atoms with Gasteiger partial charge in [0.15, 0.2) is 0 Å². The lowest BCUT2D eigenvalue weighted by Crippen LogP contribution is -2.45. The third kappa shape index (κ3) is 5.58. The maximum atomic E-state index is 12.3. The highest BCUT2D eigenvalue weighted by molar-refractivity contribution is 14.1. The summed E-state index contributed by atoms with van der Waals surface area (Å²) in [5.41, 5.74) is 6.81. The van der Waals surface area contributed by atoms with E-state index in [1.807, 2.05) is 30.3 Å². The third-order valence-corrected chi connectivity index (χ3v) is 4.76. The molecule has 0 aliphatic rings. The van der Waals surface area contributed by atoms with Crippen LogP contribution in [0, 0.1) is 3.57 Å². The van der Waals surface area contributed by atoms with Gasteiger partial charge in [0.25, 0.3) is 5.91 Å². The largest absolute Gasteiger partial charge is 0.368 e.